The van der Waals surface area contributed by atoms with Gasteiger partial charge in [0.15, 0.2) is 0 Å². The topological polar surface area (TPSA) is 76.1 Å². The Morgan fingerprint density at radius 1 is 1.47 bits per heavy atom. The highest BCUT2D eigenvalue weighted by Gasteiger charge is 2.41. The summed E-state index contributed by atoms with van der Waals surface area (Å²) in [5.74, 6) is 1.25. The summed E-state index contributed by atoms with van der Waals surface area (Å²) >= 11 is 0. The lowest BCUT2D eigenvalue weighted by Crippen LogP contribution is -2.43. The zero-order valence-corrected chi connectivity index (χ0v) is 11.4. The summed E-state index contributed by atoms with van der Waals surface area (Å²) < 4.78 is 10.5. The summed E-state index contributed by atoms with van der Waals surface area (Å²) in [6, 6.07) is -0.933. The molecule has 1 N–H and O–H groups in total. The Morgan fingerprint density at radius 2 is 2.11 bits per heavy atom. The number of carbonyl (C=O) groups excluding carboxylic acids is 1. The monoisotopic (exact) mass is 269 g/mol. The van der Waals surface area contributed by atoms with Gasteiger partial charge in [-0.05, 0) is 20.8 Å². The van der Waals surface area contributed by atoms with Crippen LogP contribution in [0.4, 0.5) is 4.79 Å². The van der Waals surface area contributed by atoms with Gasteiger partial charge in [0.2, 0.25) is 0 Å². The minimum absolute atomic E-state index is 0.0964. The molecule has 1 aliphatic rings. The molecule has 0 radical (unpaired) electrons. The molecule has 19 heavy (non-hydrogen) atoms. The van der Waals surface area contributed by atoms with Crippen molar-refractivity contribution in [1.82, 2.24) is 4.90 Å². The maximum Gasteiger partial charge on any atom is 0.411 e. The molecule has 6 heteroatoms. The fraction of sp³-hybridized carbons (Fsp3) is 0.692. The van der Waals surface area contributed by atoms with E-state index in [-0.39, 0.29) is 25.7 Å². The molecule has 1 fully saturated rings. The molecule has 1 aliphatic heterocycles. The number of nitrogens with zero attached hydrogens (tertiary/aromatic N) is 1. The fourth-order valence-corrected chi connectivity index (χ4v) is 1.84. The largest absolute Gasteiger partial charge is 0.480 e. The van der Waals surface area contributed by atoms with Gasteiger partial charge < -0.3 is 14.6 Å². The van der Waals surface area contributed by atoms with Crippen LogP contribution in [0, 0.1) is 12.3 Å². The number of terminal acetylenes is 1. The Labute approximate surface area is 112 Å². The summed E-state index contributed by atoms with van der Waals surface area (Å²) in [5, 5.41) is 9.13. The SMILES string of the molecule is C#CCO[C@H]1C[C@H](C(=O)O)N(C(=O)OC(C)(C)C)C1. The van der Waals surface area contributed by atoms with Crippen molar-refractivity contribution < 1.29 is 24.2 Å². The van der Waals surface area contributed by atoms with Gasteiger partial charge in [0, 0.05) is 6.42 Å². The molecule has 0 unspecified atom stereocenters. The molecule has 0 saturated carbocycles. The van der Waals surface area contributed by atoms with E-state index in [4.69, 9.17) is 21.0 Å². The van der Waals surface area contributed by atoms with Crippen LogP contribution in [0.15, 0.2) is 0 Å². The van der Waals surface area contributed by atoms with Crippen LogP contribution in [-0.2, 0) is 14.3 Å². The molecule has 1 rings (SSSR count). The fourth-order valence-electron chi connectivity index (χ4n) is 1.84. The highest BCUT2D eigenvalue weighted by atomic mass is 16.6. The molecule has 0 aromatic heterocycles. The van der Waals surface area contributed by atoms with Crippen molar-refractivity contribution in [2.45, 2.75) is 44.9 Å². The number of carbonyl (C=O) groups is 2. The predicted octanol–water partition coefficient (Wildman–Crippen LogP) is 1.10. The number of aliphatic carboxylic acids is 1. The van der Waals surface area contributed by atoms with Crippen LogP contribution in [0.2, 0.25) is 0 Å². The first-order valence-electron chi connectivity index (χ1n) is 6.02. The van der Waals surface area contributed by atoms with Gasteiger partial charge in [0.1, 0.15) is 18.2 Å². The van der Waals surface area contributed by atoms with Crippen LogP contribution >= 0.6 is 0 Å². The van der Waals surface area contributed by atoms with E-state index < -0.39 is 23.7 Å². The quantitative estimate of drug-likeness (QED) is 0.776. The Balaban J connectivity index is 2.71. The molecule has 0 aromatic carbocycles. The van der Waals surface area contributed by atoms with Crippen LogP contribution < -0.4 is 0 Å². The van der Waals surface area contributed by atoms with Gasteiger partial charge in [-0.1, -0.05) is 5.92 Å². The van der Waals surface area contributed by atoms with Crippen LogP contribution in [-0.4, -0.2) is 53.0 Å². The maximum absolute atomic E-state index is 11.9. The van der Waals surface area contributed by atoms with Gasteiger partial charge in [0.25, 0.3) is 0 Å². The molecule has 0 aliphatic carbocycles. The Bertz CT molecular complexity index is 393. The molecule has 0 bridgehead atoms. The first-order valence-corrected chi connectivity index (χ1v) is 6.02. The normalized spacial score (nSPS) is 22.9. The van der Waals surface area contributed by atoms with Gasteiger partial charge in [-0.25, -0.2) is 9.59 Å². The third kappa shape index (κ3) is 4.45. The van der Waals surface area contributed by atoms with Gasteiger partial charge >= 0.3 is 12.1 Å². The summed E-state index contributed by atoms with van der Waals surface area (Å²) in [7, 11) is 0. The molecule has 2 atom stereocenters. The van der Waals surface area contributed by atoms with Gasteiger partial charge in [-0.2, -0.15) is 0 Å². The predicted molar refractivity (Wildman–Crippen MR) is 67.6 cm³/mol. The van der Waals surface area contributed by atoms with Gasteiger partial charge in [-0.3, -0.25) is 4.90 Å². The lowest BCUT2D eigenvalue weighted by atomic mass is 10.2. The molecule has 106 valence electrons. The first kappa shape index (κ1) is 15.3. The van der Waals surface area contributed by atoms with E-state index in [0.717, 1.165) is 0 Å². The second kappa shape index (κ2) is 5.93. The Morgan fingerprint density at radius 3 is 2.58 bits per heavy atom. The zero-order valence-electron chi connectivity index (χ0n) is 11.4. The van der Waals surface area contributed by atoms with E-state index in [1.165, 1.54) is 4.90 Å². The van der Waals surface area contributed by atoms with Crippen molar-refractivity contribution in [2.24, 2.45) is 0 Å². The van der Waals surface area contributed by atoms with Gasteiger partial charge in [0.05, 0.1) is 12.6 Å². The lowest BCUT2D eigenvalue weighted by Gasteiger charge is -2.26. The number of rotatable bonds is 3. The second-order valence-electron chi connectivity index (χ2n) is 5.36. The number of hydrogen-bond acceptors (Lipinski definition) is 4. The van der Waals surface area contributed by atoms with Gasteiger partial charge in [-0.15, -0.1) is 6.42 Å². The molecule has 0 spiro atoms. The average molecular weight is 269 g/mol. The smallest absolute Gasteiger partial charge is 0.411 e. The molecule has 1 saturated heterocycles. The van der Waals surface area contributed by atoms with Crippen molar-refractivity contribution in [2.75, 3.05) is 13.2 Å². The summed E-state index contributed by atoms with van der Waals surface area (Å²) in [4.78, 5) is 24.3. The van der Waals surface area contributed by atoms with E-state index >= 15 is 0 Å². The summed E-state index contributed by atoms with van der Waals surface area (Å²) in [6.07, 6.45) is 4.28. The van der Waals surface area contributed by atoms with Crippen molar-refractivity contribution in [1.29, 1.82) is 0 Å². The number of amides is 1. The van der Waals surface area contributed by atoms with Crippen LogP contribution in [0.25, 0.3) is 0 Å². The van der Waals surface area contributed by atoms with E-state index in [1.807, 2.05) is 0 Å². The number of hydrogen-bond donors (Lipinski definition) is 1. The van der Waals surface area contributed by atoms with E-state index in [9.17, 15) is 9.59 Å². The molecule has 1 heterocycles. The van der Waals surface area contributed by atoms with E-state index in [0.29, 0.717) is 0 Å². The number of carboxylic acid groups (broad SMARTS) is 1. The molecule has 1 amide bonds. The summed E-state index contributed by atoms with van der Waals surface area (Å²) in [6.45, 7) is 5.45. The minimum Gasteiger partial charge on any atom is -0.480 e. The zero-order chi connectivity index (χ0) is 14.6. The number of likely N-dealkylation sites (tertiary alicyclic amines) is 1. The highest BCUT2D eigenvalue weighted by Crippen LogP contribution is 2.23. The van der Waals surface area contributed by atoms with Crippen LogP contribution in [0.5, 0.6) is 0 Å². The van der Waals surface area contributed by atoms with Crippen molar-refractivity contribution in [3.63, 3.8) is 0 Å². The Kier molecular flexibility index (Phi) is 4.78. The number of ether oxygens (including phenoxy) is 2. The van der Waals surface area contributed by atoms with E-state index in [2.05, 4.69) is 5.92 Å². The highest BCUT2D eigenvalue weighted by molar-refractivity contribution is 5.81. The van der Waals surface area contributed by atoms with Crippen molar-refractivity contribution >= 4 is 12.1 Å². The van der Waals surface area contributed by atoms with E-state index in [1.54, 1.807) is 20.8 Å². The maximum atomic E-state index is 11.9. The molecule has 0 aromatic rings. The molecule has 6 nitrogen and oxygen atoms in total. The molecular formula is C13H19NO5. The average Bonchev–Trinajstić information content (AvgIpc) is 2.68. The standard InChI is InChI=1S/C13H19NO5/c1-5-6-18-9-7-10(11(15)16)14(8-9)12(17)19-13(2,3)4/h1,9-10H,6-8H2,2-4H3,(H,15,16)/t9-,10+/m0/s1. The summed E-state index contributed by atoms with van der Waals surface area (Å²) in [5.41, 5.74) is -0.669. The Hall–Kier alpha value is -1.74. The number of carboxylic acids is 1. The molecular weight excluding hydrogens is 250 g/mol. The second-order valence-corrected chi connectivity index (χ2v) is 5.36. The van der Waals surface area contributed by atoms with Crippen LogP contribution in [0.3, 0.4) is 0 Å². The first-order chi connectivity index (χ1) is 8.74. The lowest BCUT2D eigenvalue weighted by molar-refractivity contribution is -0.142. The van der Waals surface area contributed by atoms with Crippen molar-refractivity contribution in [3.8, 4) is 12.3 Å². The third-order valence-corrected chi connectivity index (χ3v) is 2.58. The van der Waals surface area contributed by atoms with Crippen LogP contribution in [0.1, 0.15) is 27.2 Å². The third-order valence-electron chi connectivity index (χ3n) is 2.58. The van der Waals surface area contributed by atoms with Crippen molar-refractivity contribution in [3.05, 3.63) is 0 Å². The minimum atomic E-state index is -1.07.